The zero-order valence-corrected chi connectivity index (χ0v) is 12.1. The summed E-state index contributed by atoms with van der Waals surface area (Å²) < 4.78 is 5.46. The maximum atomic E-state index is 9.05. The number of rotatable bonds is 2. The smallest absolute Gasteiger partial charge is 0.223 e. The molecule has 0 aliphatic carbocycles. The molecule has 0 saturated carbocycles. The van der Waals surface area contributed by atoms with Crippen molar-refractivity contribution in [3.05, 3.63) is 0 Å². The van der Waals surface area contributed by atoms with Gasteiger partial charge in [-0.2, -0.15) is 0 Å². The van der Waals surface area contributed by atoms with Crippen molar-refractivity contribution in [1.82, 2.24) is 20.2 Å². The largest absolute Gasteiger partial charge is 0.475 e. The minimum absolute atomic E-state index is 0. The maximum Gasteiger partial charge on any atom is 0.223 e. The van der Waals surface area contributed by atoms with Gasteiger partial charge in [-0.3, -0.25) is 0 Å². The third-order valence-electron chi connectivity index (χ3n) is 2.61. The molecule has 3 rings (SSSR count). The standard InChI is InChI=1S/C9H11N6O2.Re/c10-9-11-6-5-7(12-9)15(1-3-16)2-4-17-8(5)14-13-6;/h16H,1-4H2,(H2-,10,11,12,13,14);/q-1;. The van der Waals surface area contributed by atoms with E-state index in [0.29, 0.717) is 42.4 Å². The minimum Gasteiger partial charge on any atom is -0.475 e. The quantitative estimate of drug-likeness (QED) is 0.619. The van der Waals surface area contributed by atoms with E-state index >= 15 is 0 Å². The number of hydrogen-bond acceptors (Lipinski definition) is 7. The second kappa shape index (κ2) is 5.06. The van der Waals surface area contributed by atoms with E-state index in [0.717, 1.165) is 0 Å². The number of nitrogens with zero attached hydrogens (tertiary/aromatic N) is 5. The van der Waals surface area contributed by atoms with Crippen molar-refractivity contribution in [2.75, 3.05) is 36.9 Å². The molecule has 0 aromatic carbocycles. The Balaban J connectivity index is 0.00000120. The third-order valence-corrected chi connectivity index (χ3v) is 2.61. The first-order valence-electron chi connectivity index (χ1n) is 5.25. The number of anilines is 2. The zero-order chi connectivity index (χ0) is 11.8. The van der Waals surface area contributed by atoms with Crippen molar-refractivity contribution in [1.29, 1.82) is 0 Å². The van der Waals surface area contributed by atoms with Crippen molar-refractivity contribution in [2.24, 2.45) is 0 Å². The molecule has 8 nitrogen and oxygen atoms in total. The molecule has 1 aliphatic heterocycles. The Morgan fingerprint density at radius 2 is 2.28 bits per heavy atom. The van der Waals surface area contributed by atoms with Gasteiger partial charge in [-0.05, 0) is 5.65 Å². The molecule has 2 aromatic heterocycles. The molecule has 18 heavy (non-hydrogen) atoms. The van der Waals surface area contributed by atoms with Crippen LogP contribution in [-0.2, 0) is 20.4 Å². The molecule has 0 bridgehead atoms. The molecule has 3 N–H and O–H groups in total. The molecule has 1 aliphatic rings. The Hall–Kier alpha value is -1.43. The molecule has 97 valence electrons. The summed E-state index contributed by atoms with van der Waals surface area (Å²) in [5, 5.41) is 17.5. The molecule has 0 fully saturated rings. The van der Waals surface area contributed by atoms with Crippen LogP contribution in [0.4, 0.5) is 11.8 Å². The Bertz CT molecular complexity index is 559. The van der Waals surface area contributed by atoms with Gasteiger partial charge in [-0.1, -0.05) is 0 Å². The summed E-state index contributed by atoms with van der Waals surface area (Å²) in [7, 11) is 0. The van der Waals surface area contributed by atoms with Gasteiger partial charge in [-0.15, -0.1) is 0 Å². The van der Waals surface area contributed by atoms with E-state index in [1.165, 1.54) is 0 Å². The van der Waals surface area contributed by atoms with Crippen molar-refractivity contribution < 1.29 is 30.3 Å². The monoisotopic (exact) mass is 422 g/mol. The summed E-state index contributed by atoms with van der Waals surface area (Å²) in [4.78, 5) is 10.1. The number of ether oxygens (including phenoxy) is 1. The van der Waals surface area contributed by atoms with Gasteiger partial charge >= 0.3 is 0 Å². The van der Waals surface area contributed by atoms with Crippen LogP contribution in [0.1, 0.15) is 0 Å². The van der Waals surface area contributed by atoms with Crippen LogP contribution in [0, 0.1) is 0 Å². The Morgan fingerprint density at radius 1 is 1.44 bits per heavy atom. The van der Waals surface area contributed by atoms with E-state index in [9.17, 15) is 0 Å². The second-order valence-corrected chi connectivity index (χ2v) is 3.67. The number of β-amino-alcohol motifs (C(OH)–C–C–N with tert-alkyl or cyclic N) is 1. The molecular formula is C9H11N6O2Re-. The van der Waals surface area contributed by atoms with Crippen molar-refractivity contribution in [3.63, 3.8) is 0 Å². The number of hydrogen-bond donors (Lipinski definition) is 2. The number of aliphatic hydroxyl groups excluding tert-OH is 1. The molecule has 0 spiro atoms. The van der Waals surface area contributed by atoms with Gasteiger partial charge in [0.15, 0.2) is 0 Å². The summed E-state index contributed by atoms with van der Waals surface area (Å²) >= 11 is 0. The van der Waals surface area contributed by atoms with Gasteiger partial charge in [-0.25, -0.2) is 10.1 Å². The van der Waals surface area contributed by atoms with E-state index in [-0.39, 0.29) is 33.0 Å². The fraction of sp³-hybridized carbons (Fsp3) is 0.444. The molecule has 0 unspecified atom stereocenters. The van der Waals surface area contributed by atoms with Crippen LogP contribution in [-0.4, -0.2) is 46.5 Å². The molecule has 2 aromatic rings. The van der Waals surface area contributed by atoms with E-state index in [2.05, 4.69) is 20.2 Å². The molecule has 0 amide bonds. The predicted octanol–water partition coefficient (Wildman–Crippen LogP) is -1.25. The summed E-state index contributed by atoms with van der Waals surface area (Å²) in [6, 6.07) is 0. The van der Waals surface area contributed by atoms with E-state index in [4.69, 9.17) is 15.6 Å². The molecular weight excluding hydrogens is 410 g/mol. The topological polar surface area (TPSA) is 111 Å². The van der Waals surface area contributed by atoms with Crippen LogP contribution in [0.3, 0.4) is 0 Å². The Kier molecular flexibility index (Phi) is 3.66. The van der Waals surface area contributed by atoms with Crippen LogP contribution >= 0.6 is 0 Å². The Labute approximate surface area is 116 Å². The van der Waals surface area contributed by atoms with Crippen LogP contribution in [0.25, 0.3) is 11.0 Å². The van der Waals surface area contributed by atoms with Crippen LogP contribution in [0.2, 0.25) is 0 Å². The molecule has 1 radical (unpaired) electrons. The maximum absolute atomic E-state index is 9.05. The van der Waals surface area contributed by atoms with Gasteiger partial charge in [0.05, 0.1) is 18.5 Å². The van der Waals surface area contributed by atoms with E-state index in [1.807, 2.05) is 4.90 Å². The number of nitrogen functional groups attached to an aromatic ring is 1. The fourth-order valence-electron chi connectivity index (χ4n) is 1.89. The molecule has 9 heteroatoms. The number of nitrogens with two attached hydrogens (primary N) is 1. The summed E-state index contributed by atoms with van der Waals surface area (Å²) in [5.74, 6) is 1.19. The van der Waals surface area contributed by atoms with Crippen molar-refractivity contribution >= 4 is 22.8 Å². The first-order chi connectivity index (χ1) is 8.29. The zero-order valence-electron chi connectivity index (χ0n) is 9.38. The van der Waals surface area contributed by atoms with Crippen LogP contribution < -0.4 is 20.5 Å². The average molecular weight is 421 g/mol. The summed E-state index contributed by atoms with van der Waals surface area (Å²) in [6.07, 6.45) is 0. The summed E-state index contributed by atoms with van der Waals surface area (Å²) in [6.45, 7) is 1.56. The SMILES string of the molecule is Nc1nc2c3c(n[n-]c3n1)OCCN2CCO.[Re]. The predicted molar refractivity (Wildman–Crippen MR) is 59.9 cm³/mol. The number of aliphatic hydroxyl groups is 1. The summed E-state index contributed by atoms with van der Waals surface area (Å²) in [5.41, 5.74) is 6.05. The number of aromatic nitrogens is 4. The van der Waals surface area contributed by atoms with Gasteiger partial charge in [0, 0.05) is 27.0 Å². The normalized spacial score (nSPS) is 13.9. The van der Waals surface area contributed by atoms with Gasteiger partial charge < -0.3 is 30.6 Å². The third kappa shape index (κ3) is 2.01. The van der Waals surface area contributed by atoms with Gasteiger partial charge in [0.2, 0.25) is 5.88 Å². The van der Waals surface area contributed by atoms with E-state index < -0.39 is 0 Å². The molecule has 0 atom stereocenters. The first kappa shape index (κ1) is 13.0. The molecule has 3 heterocycles. The first-order valence-corrected chi connectivity index (χ1v) is 5.25. The van der Waals surface area contributed by atoms with Gasteiger partial charge in [0.25, 0.3) is 0 Å². The Morgan fingerprint density at radius 3 is 3.06 bits per heavy atom. The van der Waals surface area contributed by atoms with Crippen molar-refractivity contribution in [2.45, 2.75) is 0 Å². The molecule has 0 saturated heterocycles. The minimum atomic E-state index is 0. The van der Waals surface area contributed by atoms with Crippen LogP contribution in [0.15, 0.2) is 0 Å². The fourth-order valence-corrected chi connectivity index (χ4v) is 1.89. The van der Waals surface area contributed by atoms with Crippen LogP contribution in [0.5, 0.6) is 5.88 Å². The van der Waals surface area contributed by atoms with Gasteiger partial charge in [0.1, 0.15) is 18.4 Å². The average Bonchev–Trinajstić information content (AvgIpc) is 2.61. The second-order valence-electron chi connectivity index (χ2n) is 3.67. The van der Waals surface area contributed by atoms with Crippen molar-refractivity contribution in [3.8, 4) is 5.88 Å². The van der Waals surface area contributed by atoms with E-state index in [1.54, 1.807) is 0 Å².